The number of nitrogens with zero attached hydrogens (tertiary/aromatic N) is 1. The van der Waals surface area contributed by atoms with Crippen LogP contribution in [0.25, 0.3) is 0 Å². The molecule has 0 aliphatic carbocycles. The van der Waals surface area contributed by atoms with Gasteiger partial charge in [-0.15, -0.1) is 11.3 Å². The summed E-state index contributed by atoms with van der Waals surface area (Å²) in [5.41, 5.74) is 2.71. The van der Waals surface area contributed by atoms with Crippen molar-refractivity contribution in [3.63, 3.8) is 0 Å². The first-order chi connectivity index (χ1) is 9.39. The van der Waals surface area contributed by atoms with Gasteiger partial charge in [0, 0.05) is 16.9 Å². The average Bonchev–Trinajstić information content (AvgIpc) is 2.80. The molecule has 0 radical (unpaired) electrons. The number of rotatable bonds is 5. The fourth-order valence-corrected chi connectivity index (χ4v) is 5.34. The van der Waals surface area contributed by atoms with Crippen molar-refractivity contribution in [3.8, 4) is 0 Å². The number of sulfone groups is 1. The van der Waals surface area contributed by atoms with E-state index in [1.54, 1.807) is 23.7 Å². The van der Waals surface area contributed by atoms with E-state index in [1.807, 2.05) is 6.92 Å². The van der Waals surface area contributed by atoms with Crippen LogP contribution in [0.2, 0.25) is 0 Å². The van der Waals surface area contributed by atoms with Crippen molar-refractivity contribution in [2.24, 2.45) is 0 Å². The molecule has 0 amide bonds. The van der Waals surface area contributed by atoms with E-state index in [0.717, 1.165) is 16.8 Å². The molecule has 1 heterocycles. The maximum Gasteiger partial charge on any atom is 0.176 e. The summed E-state index contributed by atoms with van der Waals surface area (Å²) in [6.45, 7) is 1.92. The summed E-state index contributed by atoms with van der Waals surface area (Å²) in [7, 11) is -4.70. The van der Waals surface area contributed by atoms with Gasteiger partial charge in [0.05, 0.1) is 31.8 Å². The van der Waals surface area contributed by atoms with Gasteiger partial charge in [0.2, 0.25) is 0 Å². The second-order valence-electron chi connectivity index (χ2n) is 4.38. The molecule has 0 spiro atoms. The third kappa shape index (κ3) is 3.53. The summed E-state index contributed by atoms with van der Waals surface area (Å²) in [6, 6.07) is 6.47. The summed E-state index contributed by atoms with van der Waals surface area (Å²) in [6.07, 6.45) is 1.78. The maximum atomic E-state index is 12.3. The molecule has 2 rings (SSSR count). The fraction of sp³-hybridized carbons (Fsp3) is 0.308. The van der Waals surface area contributed by atoms with Crippen LogP contribution in [0.4, 0.5) is 0 Å². The van der Waals surface area contributed by atoms with Gasteiger partial charge < -0.3 is 0 Å². The molecular formula is C13H15NO3S3. The molecule has 0 bridgehead atoms. The van der Waals surface area contributed by atoms with E-state index in [4.69, 9.17) is 0 Å². The van der Waals surface area contributed by atoms with Crippen molar-refractivity contribution >= 4 is 32.0 Å². The zero-order valence-corrected chi connectivity index (χ0v) is 13.6. The van der Waals surface area contributed by atoms with Crippen molar-refractivity contribution in [2.45, 2.75) is 23.1 Å². The number of benzene rings is 1. The Morgan fingerprint density at radius 2 is 2.00 bits per heavy atom. The molecule has 2 aromatic rings. The normalized spacial score (nSPS) is 13.3. The molecule has 1 aromatic heterocycles. The quantitative estimate of drug-likeness (QED) is 0.843. The minimum atomic E-state index is -3.36. The van der Waals surface area contributed by atoms with Crippen LogP contribution in [0.5, 0.6) is 0 Å². The first-order valence-corrected chi connectivity index (χ1v) is 10.0. The number of hydrogen-bond donors (Lipinski definition) is 0. The van der Waals surface area contributed by atoms with Gasteiger partial charge in [-0.05, 0) is 25.5 Å². The molecule has 1 atom stereocenters. The topological polar surface area (TPSA) is 64.1 Å². The summed E-state index contributed by atoms with van der Waals surface area (Å²) < 4.78 is 35.8. The van der Waals surface area contributed by atoms with Crippen LogP contribution < -0.4 is 0 Å². The molecule has 0 aliphatic rings. The molecule has 4 nitrogen and oxygen atoms in total. The van der Waals surface area contributed by atoms with Crippen molar-refractivity contribution in [1.29, 1.82) is 0 Å². The highest BCUT2D eigenvalue weighted by Gasteiger charge is 2.17. The Morgan fingerprint density at radius 1 is 1.30 bits per heavy atom. The summed E-state index contributed by atoms with van der Waals surface area (Å²) in [5, 5.41) is 0. The zero-order chi connectivity index (χ0) is 14.8. The highest BCUT2D eigenvalue weighted by molar-refractivity contribution is 7.92. The Hall–Kier alpha value is -1.05. The lowest BCUT2D eigenvalue weighted by molar-refractivity contribution is 0.599. The van der Waals surface area contributed by atoms with Crippen molar-refractivity contribution in [1.82, 2.24) is 4.98 Å². The number of aromatic nitrogens is 1. The molecule has 0 N–H and O–H groups in total. The van der Waals surface area contributed by atoms with Gasteiger partial charge in [0.1, 0.15) is 0 Å². The molecule has 108 valence electrons. The van der Waals surface area contributed by atoms with E-state index in [-0.39, 0.29) is 4.90 Å². The lowest BCUT2D eigenvalue weighted by Gasteiger charge is -2.07. The van der Waals surface area contributed by atoms with E-state index in [2.05, 4.69) is 4.98 Å². The minimum absolute atomic E-state index is 0.152. The zero-order valence-electron chi connectivity index (χ0n) is 11.2. The van der Waals surface area contributed by atoms with Gasteiger partial charge in [-0.3, -0.25) is 4.21 Å². The van der Waals surface area contributed by atoms with E-state index < -0.39 is 20.6 Å². The van der Waals surface area contributed by atoms with Gasteiger partial charge >= 0.3 is 0 Å². The summed E-state index contributed by atoms with van der Waals surface area (Å²) in [4.78, 5) is 5.78. The lowest BCUT2D eigenvalue weighted by Crippen LogP contribution is -2.08. The highest BCUT2D eigenvalue weighted by atomic mass is 32.2. The smallest absolute Gasteiger partial charge is 0.176 e. The van der Waals surface area contributed by atoms with E-state index in [0.29, 0.717) is 17.1 Å². The number of hydrogen-bond acceptors (Lipinski definition) is 5. The lowest BCUT2D eigenvalue weighted by atomic mass is 10.3. The Kier molecular flexibility index (Phi) is 4.72. The van der Waals surface area contributed by atoms with Crippen LogP contribution in [0.3, 0.4) is 0 Å². The second kappa shape index (κ2) is 6.15. The number of aryl methyl sites for hydroxylation is 2. The van der Waals surface area contributed by atoms with Gasteiger partial charge in [0.15, 0.2) is 9.84 Å². The van der Waals surface area contributed by atoms with E-state index in [1.165, 1.54) is 17.4 Å². The first kappa shape index (κ1) is 15.3. The average molecular weight is 329 g/mol. The van der Waals surface area contributed by atoms with Crippen LogP contribution in [-0.4, -0.2) is 29.6 Å². The second-order valence-corrected chi connectivity index (χ2v) is 8.84. The predicted octanol–water partition coefficient (Wildman–Crippen LogP) is 2.21. The van der Waals surface area contributed by atoms with Crippen LogP contribution >= 0.6 is 11.3 Å². The standard InChI is InChI=1S/C13H15NO3S3/c1-10-11(18-9-14-10)7-8-19(15)12-5-3-4-6-13(12)20(2,16)17/h3-6,9H,7-8H2,1-2H3/t19-/m1/s1. The van der Waals surface area contributed by atoms with Crippen molar-refractivity contribution < 1.29 is 12.6 Å². The van der Waals surface area contributed by atoms with Crippen molar-refractivity contribution in [3.05, 3.63) is 40.3 Å². The van der Waals surface area contributed by atoms with Gasteiger partial charge in [-0.1, -0.05) is 12.1 Å². The third-order valence-electron chi connectivity index (χ3n) is 2.85. The highest BCUT2D eigenvalue weighted by Crippen LogP contribution is 2.21. The Morgan fingerprint density at radius 3 is 2.60 bits per heavy atom. The molecule has 1 aromatic carbocycles. The van der Waals surface area contributed by atoms with Gasteiger partial charge in [-0.25, -0.2) is 13.4 Å². The van der Waals surface area contributed by atoms with Gasteiger partial charge in [0.25, 0.3) is 0 Å². The van der Waals surface area contributed by atoms with Crippen LogP contribution in [0, 0.1) is 6.92 Å². The molecule has 0 saturated carbocycles. The molecule has 20 heavy (non-hydrogen) atoms. The molecular weight excluding hydrogens is 314 g/mol. The van der Waals surface area contributed by atoms with Gasteiger partial charge in [-0.2, -0.15) is 0 Å². The van der Waals surface area contributed by atoms with Crippen LogP contribution in [0.1, 0.15) is 10.6 Å². The SMILES string of the molecule is Cc1ncsc1CC[S@@](=O)c1ccccc1S(C)(=O)=O. The molecule has 0 fully saturated rings. The predicted molar refractivity (Wildman–Crippen MR) is 81.4 cm³/mol. The maximum absolute atomic E-state index is 12.3. The summed E-state index contributed by atoms with van der Waals surface area (Å²) >= 11 is 1.53. The Balaban J connectivity index is 2.20. The fourth-order valence-electron chi connectivity index (χ4n) is 1.81. The van der Waals surface area contributed by atoms with Crippen molar-refractivity contribution in [2.75, 3.05) is 12.0 Å². The molecule has 0 saturated heterocycles. The Labute approximate surface area is 125 Å². The number of thiazole rings is 1. The monoisotopic (exact) mass is 329 g/mol. The largest absolute Gasteiger partial charge is 0.254 e. The summed E-state index contributed by atoms with van der Waals surface area (Å²) in [5.74, 6) is 0.398. The van der Waals surface area contributed by atoms with E-state index >= 15 is 0 Å². The molecule has 7 heteroatoms. The molecule has 0 unspecified atom stereocenters. The Bertz CT molecular complexity index is 735. The first-order valence-electron chi connectivity index (χ1n) is 5.96. The third-order valence-corrected chi connectivity index (χ3v) is 6.55. The van der Waals surface area contributed by atoms with Crippen LogP contribution in [0.15, 0.2) is 39.6 Å². The van der Waals surface area contributed by atoms with Crippen LogP contribution in [-0.2, 0) is 27.1 Å². The van der Waals surface area contributed by atoms with E-state index in [9.17, 15) is 12.6 Å². The minimum Gasteiger partial charge on any atom is -0.254 e. The molecule has 0 aliphatic heterocycles.